The largest absolute Gasteiger partial charge is 0.334 e. The average Bonchev–Trinajstić information content (AvgIpc) is 3.17. The second kappa shape index (κ2) is 5.75. The molecule has 3 aromatic rings. The number of fused-ring (bicyclic) bond motifs is 2. The number of aromatic amines is 1. The zero-order valence-corrected chi connectivity index (χ0v) is 13.6. The number of nitrogens with zero attached hydrogens (tertiary/aromatic N) is 3. The number of rotatable bonds is 3. The Bertz CT molecular complexity index is 835. The molecule has 1 aromatic carbocycles. The van der Waals surface area contributed by atoms with Crippen molar-refractivity contribution in [2.45, 2.75) is 19.5 Å². The molecule has 0 bridgehead atoms. The maximum absolute atomic E-state index is 12.7. The molecule has 0 atom stereocenters. The molecule has 0 saturated heterocycles. The van der Waals surface area contributed by atoms with Crippen LogP contribution in [0.5, 0.6) is 0 Å². The highest BCUT2D eigenvalue weighted by Gasteiger charge is 2.24. The van der Waals surface area contributed by atoms with Crippen LogP contribution < -0.4 is 5.32 Å². The van der Waals surface area contributed by atoms with Crippen LogP contribution in [0.3, 0.4) is 0 Å². The van der Waals surface area contributed by atoms with E-state index in [4.69, 9.17) is 0 Å². The third-order valence-electron chi connectivity index (χ3n) is 4.07. The zero-order valence-electron chi connectivity index (χ0n) is 12.8. The van der Waals surface area contributed by atoms with Crippen LogP contribution in [-0.2, 0) is 19.5 Å². The molecule has 0 fully saturated rings. The first-order valence-electron chi connectivity index (χ1n) is 7.59. The van der Waals surface area contributed by atoms with Crippen LogP contribution in [0.25, 0.3) is 10.2 Å². The maximum atomic E-state index is 12.7. The second-order valence-electron chi connectivity index (χ2n) is 5.69. The molecule has 0 aliphatic carbocycles. The molecule has 0 unspecified atom stereocenters. The van der Waals surface area contributed by atoms with Gasteiger partial charge in [-0.15, -0.1) is 11.3 Å². The Morgan fingerprint density at radius 2 is 2.26 bits per heavy atom. The molecular formula is C16H17N5OS. The quantitative estimate of drug-likeness (QED) is 0.771. The lowest BCUT2D eigenvalue weighted by Gasteiger charge is -2.17. The highest BCUT2D eigenvalue weighted by atomic mass is 32.1. The summed E-state index contributed by atoms with van der Waals surface area (Å²) in [5.41, 5.74) is 3.57. The van der Waals surface area contributed by atoms with Crippen molar-refractivity contribution >= 4 is 27.5 Å². The Hall–Kier alpha value is -2.25. The van der Waals surface area contributed by atoms with Crippen molar-refractivity contribution in [1.29, 1.82) is 0 Å². The fraction of sp³-hybridized carbons (Fsp3) is 0.312. The van der Waals surface area contributed by atoms with Crippen molar-refractivity contribution in [2.75, 3.05) is 13.6 Å². The van der Waals surface area contributed by atoms with Gasteiger partial charge in [-0.25, -0.2) is 4.98 Å². The number of thiazole rings is 1. The van der Waals surface area contributed by atoms with Gasteiger partial charge in [-0.3, -0.25) is 9.89 Å². The minimum atomic E-state index is -0.0644. The zero-order chi connectivity index (χ0) is 15.8. The van der Waals surface area contributed by atoms with Gasteiger partial charge in [0.2, 0.25) is 0 Å². The van der Waals surface area contributed by atoms with Crippen LogP contribution >= 0.6 is 11.3 Å². The van der Waals surface area contributed by atoms with Gasteiger partial charge in [-0.05, 0) is 12.1 Å². The van der Waals surface area contributed by atoms with E-state index < -0.39 is 0 Å². The highest BCUT2D eigenvalue weighted by Crippen LogP contribution is 2.23. The molecule has 6 nitrogen and oxygen atoms in total. The number of amides is 1. The van der Waals surface area contributed by atoms with Gasteiger partial charge in [-0.2, -0.15) is 5.10 Å². The van der Waals surface area contributed by atoms with Gasteiger partial charge in [0, 0.05) is 37.8 Å². The minimum Gasteiger partial charge on any atom is -0.334 e. The standard InChI is InChI=1S/C16H17N5OS/c1-21(9-14-18-12-4-2-3-5-13(12)23-14)16(22)15-10-8-17-7-6-11(10)19-20-15/h2-5,17H,6-9H2,1H3,(H,19,20). The summed E-state index contributed by atoms with van der Waals surface area (Å²) in [6.07, 6.45) is 0.886. The number of hydrogen-bond donors (Lipinski definition) is 2. The molecule has 1 amide bonds. The summed E-state index contributed by atoms with van der Waals surface area (Å²) in [6, 6.07) is 8.02. The van der Waals surface area contributed by atoms with E-state index in [2.05, 4.69) is 20.5 Å². The molecule has 1 aliphatic rings. The summed E-state index contributed by atoms with van der Waals surface area (Å²) < 4.78 is 1.14. The van der Waals surface area contributed by atoms with E-state index in [1.165, 1.54) is 0 Å². The predicted octanol–water partition coefficient (Wildman–Crippen LogP) is 1.94. The van der Waals surface area contributed by atoms with E-state index in [1.807, 2.05) is 24.3 Å². The summed E-state index contributed by atoms with van der Waals surface area (Å²) in [5.74, 6) is -0.0644. The summed E-state index contributed by atoms with van der Waals surface area (Å²) in [4.78, 5) is 19.0. The summed E-state index contributed by atoms with van der Waals surface area (Å²) in [7, 11) is 1.80. The first-order chi connectivity index (χ1) is 11.2. The molecule has 1 aliphatic heterocycles. The number of H-pyrrole nitrogens is 1. The van der Waals surface area contributed by atoms with Gasteiger partial charge in [0.1, 0.15) is 5.01 Å². The van der Waals surface area contributed by atoms with Crippen LogP contribution in [-0.4, -0.2) is 39.6 Å². The van der Waals surface area contributed by atoms with E-state index in [0.717, 1.165) is 39.4 Å². The number of benzene rings is 1. The van der Waals surface area contributed by atoms with Gasteiger partial charge < -0.3 is 10.2 Å². The van der Waals surface area contributed by atoms with E-state index in [-0.39, 0.29) is 5.91 Å². The minimum absolute atomic E-state index is 0.0644. The molecule has 3 heterocycles. The lowest BCUT2D eigenvalue weighted by Crippen LogP contribution is -2.29. The van der Waals surface area contributed by atoms with Crippen molar-refractivity contribution in [3.05, 3.63) is 46.2 Å². The third-order valence-corrected chi connectivity index (χ3v) is 5.09. The Labute approximate surface area is 137 Å². The van der Waals surface area contributed by atoms with Crippen molar-refractivity contribution < 1.29 is 4.79 Å². The third kappa shape index (κ3) is 2.62. The van der Waals surface area contributed by atoms with Crippen molar-refractivity contribution in [3.8, 4) is 0 Å². The normalized spacial score (nSPS) is 14.0. The number of hydrogen-bond acceptors (Lipinski definition) is 5. The van der Waals surface area contributed by atoms with Crippen LogP contribution in [0.4, 0.5) is 0 Å². The second-order valence-corrected chi connectivity index (χ2v) is 6.81. The molecule has 4 rings (SSSR count). The molecule has 118 valence electrons. The fourth-order valence-corrected chi connectivity index (χ4v) is 3.87. The molecule has 23 heavy (non-hydrogen) atoms. The Morgan fingerprint density at radius 3 is 3.13 bits per heavy atom. The van der Waals surface area contributed by atoms with E-state index in [0.29, 0.717) is 18.8 Å². The number of carbonyl (C=O) groups excluding carboxylic acids is 1. The SMILES string of the molecule is CN(Cc1nc2ccccc2s1)C(=O)c1n[nH]c2c1CNCC2. The van der Waals surface area contributed by atoms with Crippen LogP contribution in [0.1, 0.15) is 26.8 Å². The predicted molar refractivity (Wildman–Crippen MR) is 89.4 cm³/mol. The first-order valence-corrected chi connectivity index (χ1v) is 8.41. The molecule has 2 N–H and O–H groups in total. The van der Waals surface area contributed by atoms with E-state index >= 15 is 0 Å². The number of carbonyl (C=O) groups is 1. The number of nitrogens with one attached hydrogen (secondary N) is 2. The van der Waals surface area contributed by atoms with Crippen LogP contribution in [0.15, 0.2) is 24.3 Å². The first kappa shape index (κ1) is 14.3. The van der Waals surface area contributed by atoms with Crippen LogP contribution in [0, 0.1) is 0 Å². The number of para-hydroxylation sites is 1. The van der Waals surface area contributed by atoms with Gasteiger partial charge in [0.15, 0.2) is 5.69 Å². The topological polar surface area (TPSA) is 73.9 Å². The molecular weight excluding hydrogens is 310 g/mol. The van der Waals surface area contributed by atoms with Crippen molar-refractivity contribution in [3.63, 3.8) is 0 Å². The van der Waals surface area contributed by atoms with Gasteiger partial charge in [0.05, 0.1) is 16.8 Å². The van der Waals surface area contributed by atoms with Gasteiger partial charge in [-0.1, -0.05) is 12.1 Å². The highest BCUT2D eigenvalue weighted by molar-refractivity contribution is 7.18. The molecule has 0 radical (unpaired) electrons. The lowest BCUT2D eigenvalue weighted by molar-refractivity contribution is 0.0778. The van der Waals surface area contributed by atoms with E-state index in [9.17, 15) is 4.79 Å². The smallest absolute Gasteiger partial charge is 0.274 e. The number of aromatic nitrogens is 3. The Balaban J connectivity index is 1.55. The Morgan fingerprint density at radius 1 is 1.39 bits per heavy atom. The monoisotopic (exact) mass is 327 g/mol. The lowest BCUT2D eigenvalue weighted by atomic mass is 10.1. The summed E-state index contributed by atoms with van der Waals surface area (Å²) in [5, 5.41) is 11.4. The fourth-order valence-electron chi connectivity index (χ4n) is 2.85. The van der Waals surface area contributed by atoms with Gasteiger partial charge in [0.25, 0.3) is 5.91 Å². The summed E-state index contributed by atoms with van der Waals surface area (Å²) >= 11 is 1.62. The van der Waals surface area contributed by atoms with Crippen molar-refractivity contribution in [2.24, 2.45) is 0 Å². The Kier molecular flexibility index (Phi) is 3.59. The average molecular weight is 327 g/mol. The van der Waals surface area contributed by atoms with Gasteiger partial charge >= 0.3 is 0 Å². The van der Waals surface area contributed by atoms with Crippen molar-refractivity contribution in [1.82, 2.24) is 25.4 Å². The maximum Gasteiger partial charge on any atom is 0.274 e. The molecule has 0 saturated carbocycles. The summed E-state index contributed by atoms with van der Waals surface area (Å²) in [6.45, 7) is 2.11. The molecule has 2 aromatic heterocycles. The molecule has 7 heteroatoms. The van der Waals surface area contributed by atoms with Crippen LogP contribution in [0.2, 0.25) is 0 Å². The molecule has 0 spiro atoms. The van der Waals surface area contributed by atoms with E-state index in [1.54, 1.807) is 23.3 Å².